The minimum Gasteiger partial charge on any atom is -0.481 e. The van der Waals surface area contributed by atoms with Gasteiger partial charge in [0.25, 0.3) is 0 Å². The molecule has 0 unspecified atom stereocenters. The fourth-order valence-corrected chi connectivity index (χ4v) is 9.13. The van der Waals surface area contributed by atoms with Gasteiger partial charge in [0.1, 0.15) is 17.2 Å². The fourth-order valence-electron chi connectivity index (χ4n) is 8.94. The SMILES string of the molecule is CC(C)(C)OC(=O)Cc1ccc(C(=O)OC[C@@H]2C[C@@H]2C2CCN(c3ncc(Cl)cn3)CC2)cc1F.O=C(O)Cc1ccc(C(=O)OC[C@@H]2C[C@@H]2C2CCN(c3ncc(Cl)cn3)CC2)cc1F. The standard InChI is InChI=1S/C26H31ClFN3O4.C22H23ClFN3O4/c1-26(2,3)35-23(32)12-17-4-5-18(11-22(17)28)24(33)34-15-19-10-21(19)16-6-8-31(9-7-16)25-29-13-20(27)14-30-25;23-17-10-25-22(26-11-17)27-5-3-13(4-6-27)18-7-16(18)12-31-21(30)15-2-1-14(9-20(28)29)19(24)8-15/h4-5,11,13-14,16,19,21H,6-10,12,15H2,1-3H3;1-2,8,10-11,13,16,18H,3-7,9,12H2,(H,28,29)/t19-,21+;16-,18+/m00/s1. The molecule has 4 aromatic rings. The van der Waals surface area contributed by atoms with Crippen molar-refractivity contribution in [2.45, 2.75) is 77.7 Å². The smallest absolute Gasteiger partial charge is 0.338 e. The van der Waals surface area contributed by atoms with Crippen LogP contribution in [0.2, 0.25) is 10.0 Å². The summed E-state index contributed by atoms with van der Waals surface area (Å²) >= 11 is 11.7. The van der Waals surface area contributed by atoms with Gasteiger partial charge in [-0.2, -0.15) is 0 Å². The maximum absolute atomic E-state index is 14.5. The Labute approximate surface area is 392 Å². The zero-order valence-corrected chi connectivity index (χ0v) is 38.6. The zero-order valence-electron chi connectivity index (χ0n) is 37.1. The lowest BCUT2D eigenvalue weighted by Crippen LogP contribution is -2.35. The summed E-state index contributed by atoms with van der Waals surface area (Å²) in [5, 5.41) is 9.81. The van der Waals surface area contributed by atoms with Gasteiger partial charge in [0.05, 0.1) is 72.0 Å². The number of hydrogen-bond acceptors (Lipinski definition) is 13. The van der Waals surface area contributed by atoms with Gasteiger partial charge >= 0.3 is 23.9 Å². The molecule has 8 rings (SSSR count). The van der Waals surface area contributed by atoms with E-state index < -0.39 is 47.5 Å². The van der Waals surface area contributed by atoms with E-state index in [0.29, 0.717) is 70.7 Å². The number of carbonyl (C=O) groups is 4. The van der Waals surface area contributed by atoms with E-state index in [2.05, 4.69) is 29.7 Å². The number of aromatic nitrogens is 4. The number of esters is 3. The molecule has 1 N–H and O–H groups in total. The van der Waals surface area contributed by atoms with Crippen LogP contribution in [0, 0.1) is 47.1 Å². The topological polar surface area (TPSA) is 174 Å². The van der Waals surface area contributed by atoms with Crippen LogP contribution in [0.25, 0.3) is 0 Å². The molecule has 0 spiro atoms. The molecule has 0 bridgehead atoms. The number of ether oxygens (including phenoxy) is 3. The predicted octanol–water partition coefficient (Wildman–Crippen LogP) is 8.47. The maximum Gasteiger partial charge on any atom is 0.338 e. The summed E-state index contributed by atoms with van der Waals surface area (Å²) in [6.07, 6.45) is 12.1. The van der Waals surface area contributed by atoms with Crippen LogP contribution in [0.15, 0.2) is 61.2 Å². The highest BCUT2D eigenvalue weighted by Crippen LogP contribution is 2.49. The molecule has 2 saturated heterocycles. The Morgan fingerprint density at radius 2 is 1.06 bits per heavy atom. The average molecular weight is 952 g/mol. The summed E-state index contributed by atoms with van der Waals surface area (Å²) in [6, 6.07) is 7.82. The van der Waals surface area contributed by atoms with Crippen molar-refractivity contribution < 1.29 is 47.3 Å². The first-order valence-electron chi connectivity index (χ1n) is 22.3. The van der Waals surface area contributed by atoms with E-state index in [1.54, 1.807) is 45.6 Å². The molecular formula is C48H54Cl2F2N6O8. The van der Waals surface area contributed by atoms with E-state index in [4.69, 9.17) is 42.5 Å². The number of anilines is 2. The normalized spacial score (nSPS) is 20.7. The number of aliphatic carboxylic acids is 1. The lowest BCUT2D eigenvalue weighted by Gasteiger charge is -2.32. The van der Waals surface area contributed by atoms with Crippen molar-refractivity contribution in [1.82, 2.24) is 19.9 Å². The van der Waals surface area contributed by atoms with E-state index in [-0.39, 0.29) is 28.7 Å². The van der Waals surface area contributed by atoms with Crippen molar-refractivity contribution >= 4 is 59.0 Å². The Morgan fingerprint density at radius 3 is 1.42 bits per heavy atom. The summed E-state index contributed by atoms with van der Waals surface area (Å²) in [4.78, 5) is 68.8. The van der Waals surface area contributed by atoms with Gasteiger partial charge in [0, 0.05) is 26.2 Å². The first kappa shape index (κ1) is 48.5. The van der Waals surface area contributed by atoms with Gasteiger partial charge in [-0.25, -0.2) is 38.3 Å². The number of carbonyl (C=O) groups excluding carboxylic acids is 3. The number of carboxylic acids is 1. The monoisotopic (exact) mass is 950 g/mol. The molecule has 66 heavy (non-hydrogen) atoms. The lowest BCUT2D eigenvalue weighted by atomic mass is 9.91. The van der Waals surface area contributed by atoms with Gasteiger partial charge < -0.3 is 29.1 Å². The molecular weight excluding hydrogens is 897 g/mol. The molecule has 2 saturated carbocycles. The highest BCUT2D eigenvalue weighted by molar-refractivity contribution is 6.30. The highest BCUT2D eigenvalue weighted by Gasteiger charge is 2.45. The van der Waals surface area contributed by atoms with Crippen LogP contribution in [0.4, 0.5) is 20.7 Å². The van der Waals surface area contributed by atoms with E-state index in [1.165, 1.54) is 24.3 Å². The van der Waals surface area contributed by atoms with Crippen molar-refractivity contribution in [3.8, 4) is 0 Å². The molecule has 4 aliphatic rings. The molecule has 4 heterocycles. The molecule has 4 atom stereocenters. The highest BCUT2D eigenvalue weighted by atomic mass is 35.5. The lowest BCUT2D eigenvalue weighted by molar-refractivity contribution is -0.154. The van der Waals surface area contributed by atoms with Crippen LogP contribution in [0.5, 0.6) is 0 Å². The van der Waals surface area contributed by atoms with Crippen molar-refractivity contribution in [3.63, 3.8) is 0 Å². The van der Waals surface area contributed by atoms with Gasteiger partial charge in [-0.05, 0) is 130 Å². The summed E-state index contributed by atoms with van der Waals surface area (Å²) in [5.41, 5.74) is -0.167. The predicted molar refractivity (Wildman–Crippen MR) is 241 cm³/mol. The third kappa shape index (κ3) is 13.6. The summed E-state index contributed by atoms with van der Waals surface area (Å²) in [6.45, 7) is 9.48. The van der Waals surface area contributed by atoms with Crippen LogP contribution in [0.3, 0.4) is 0 Å². The van der Waals surface area contributed by atoms with Crippen LogP contribution in [-0.2, 0) is 36.6 Å². The zero-order chi connectivity index (χ0) is 47.1. The number of hydrogen-bond donors (Lipinski definition) is 1. The van der Waals surface area contributed by atoms with Gasteiger partial charge in [-0.3, -0.25) is 9.59 Å². The Hall–Kier alpha value is -5.48. The van der Waals surface area contributed by atoms with E-state index >= 15 is 0 Å². The Morgan fingerprint density at radius 1 is 0.667 bits per heavy atom. The maximum atomic E-state index is 14.5. The molecule has 0 amide bonds. The Balaban J connectivity index is 0.000000198. The Kier molecular flexibility index (Phi) is 15.7. The first-order chi connectivity index (χ1) is 31.5. The van der Waals surface area contributed by atoms with Crippen LogP contribution in [-0.4, -0.2) is 93.9 Å². The number of halogens is 4. The quantitative estimate of drug-likeness (QED) is 0.0942. The average Bonchev–Trinajstić information content (AvgIpc) is 4.23. The van der Waals surface area contributed by atoms with Gasteiger partial charge in [-0.1, -0.05) is 35.3 Å². The number of rotatable bonds is 14. The van der Waals surface area contributed by atoms with E-state index in [1.807, 2.05) is 0 Å². The van der Waals surface area contributed by atoms with Crippen molar-refractivity contribution in [1.29, 1.82) is 0 Å². The van der Waals surface area contributed by atoms with Crippen LogP contribution >= 0.6 is 23.2 Å². The van der Waals surface area contributed by atoms with Gasteiger partial charge in [0.15, 0.2) is 0 Å². The second kappa shape index (κ2) is 21.4. The van der Waals surface area contributed by atoms with Crippen LogP contribution in [0.1, 0.15) is 91.1 Å². The number of nitrogens with zero attached hydrogens (tertiary/aromatic N) is 6. The van der Waals surface area contributed by atoms with Crippen molar-refractivity contribution in [3.05, 3.63) is 105 Å². The summed E-state index contributed by atoms with van der Waals surface area (Å²) in [5.74, 6) is 0.245. The molecule has 2 aromatic carbocycles. The van der Waals surface area contributed by atoms with Crippen LogP contribution < -0.4 is 9.80 Å². The molecule has 2 aliphatic carbocycles. The van der Waals surface area contributed by atoms with Crippen molar-refractivity contribution in [2.24, 2.45) is 35.5 Å². The Bertz CT molecular complexity index is 2360. The van der Waals surface area contributed by atoms with E-state index in [9.17, 15) is 28.0 Å². The van der Waals surface area contributed by atoms with Crippen molar-refractivity contribution in [2.75, 3.05) is 49.2 Å². The fraction of sp³-hybridized carbons (Fsp3) is 0.500. The largest absolute Gasteiger partial charge is 0.481 e. The third-order valence-electron chi connectivity index (χ3n) is 12.6. The number of carboxylic acid groups (broad SMARTS) is 1. The van der Waals surface area contributed by atoms with E-state index in [0.717, 1.165) is 76.8 Å². The molecule has 18 heteroatoms. The summed E-state index contributed by atoms with van der Waals surface area (Å²) in [7, 11) is 0. The number of piperidine rings is 2. The molecule has 4 fully saturated rings. The minimum absolute atomic E-state index is 0.0432. The third-order valence-corrected chi connectivity index (χ3v) is 12.9. The molecule has 14 nitrogen and oxygen atoms in total. The molecule has 0 radical (unpaired) electrons. The first-order valence-corrected chi connectivity index (χ1v) is 23.0. The van der Waals surface area contributed by atoms with Gasteiger partial charge in [-0.15, -0.1) is 0 Å². The summed E-state index contributed by atoms with van der Waals surface area (Å²) < 4.78 is 44.5. The number of benzene rings is 2. The minimum atomic E-state index is -1.12. The molecule has 2 aliphatic heterocycles. The molecule has 352 valence electrons. The van der Waals surface area contributed by atoms with Gasteiger partial charge in [0.2, 0.25) is 11.9 Å². The molecule has 2 aromatic heterocycles. The second-order valence-electron chi connectivity index (χ2n) is 18.5. The second-order valence-corrected chi connectivity index (χ2v) is 19.4.